The third kappa shape index (κ3) is 16.9. The van der Waals surface area contributed by atoms with Crippen molar-refractivity contribution >= 4 is 35.3 Å². The monoisotopic (exact) mass is 522 g/mol. The number of ketones is 2. The molecule has 11 heteroatoms. The molecule has 2 atom stereocenters. The Hall–Kier alpha value is -3.34. The minimum absolute atomic E-state index is 0.0222. The van der Waals surface area contributed by atoms with Crippen molar-refractivity contribution in [3.63, 3.8) is 0 Å². The second-order valence-electron chi connectivity index (χ2n) is 9.16. The fourth-order valence-electron chi connectivity index (χ4n) is 3.18. The van der Waals surface area contributed by atoms with Crippen molar-refractivity contribution < 1.29 is 33.9 Å². The Morgan fingerprint density at radius 3 is 2.05 bits per heavy atom. The van der Waals surface area contributed by atoms with Crippen LogP contribution < -0.4 is 21.7 Å². The minimum Gasteiger partial charge on any atom is -0.480 e. The summed E-state index contributed by atoms with van der Waals surface area (Å²) in [6, 6.07) is -1.88. The number of nitrogens with two attached hydrogens (primary N) is 1. The molecule has 0 saturated carbocycles. The Kier molecular flexibility index (Phi) is 17.2. The van der Waals surface area contributed by atoms with Crippen LogP contribution in [0.5, 0.6) is 0 Å². The van der Waals surface area contributed by atoms with Gasteiger partial charge in [-0.15, -0.1) is 0 Å². The zero-order valence-corrected chi connectivity index (χ0v) is 22.0. The molecule has 11 nitrogen and oxygen atoms in total. The van der Waals surface area contributed by atoms with E-state index in [4.69, 9.17) is 5.73 Å². The normalized spacial score (nSPS) is 12.1. The summed E-state index contributed by atoms with van der Waals surface area (Å²) in [5.41, 5.74) is 6.75. The third-order valence-corrected chi connectivity index (χ3v) is 5.55. The van der Waals surface area contributed by atoms with E-state index in [1.54, 1.807) is 13.8 Å². The molecule has 6 N–H and O–H groups in total. The molecule has 3 amide bonds. The van der Waals surface area contributed by atoms with Gasteiger partial charge in [0.05, 0.1) is 12.6 Å². The number of hydrogen-bond acceptors (Lipinski definition) is 7. The van der Waals surface area contributed by atoms with Gasteiger partial charge in [-0.1, -0.05) is 26.0 Å². The topological polar surface area (TPSA) is 185 Å². The van der Waals surface area contributed by atoms with Crippen molar-refractivity contribution in [3.05, 3.63) is 24.3 Å². The van der Waals surface area contributed by atoms with Crippen molar-refractivity contribution in [1.82, 2.24) is 16.0 Å². The molecule has 0 heterocycles. The molecule has 0 rings (SSSR count). The lowest BCUT2D eigenvalue weighted by molar-refractivity contribution is -0.142. The Morgan fingerprint density at radius 1 is 0.811 bits per heavy atom. The van der Waals surface area contributed by atoms with Crippen LogP contribution in [0, 0.1) is 0 Å². The highest BCUT2D eigenvalue weighted by Gasteiger charge is 2.20. The number of allylic oxidation sites excluding steroid dienone is 1. The number of carbonyl (C=O) groups is 6. The predicted octanol–water partition coefficient (Wildman–Crippen LogP) is 1.31. The zero-order chi connectivity index (χ0) is 28.4. The molecule has 0 aromatic heterocycles. The molecule has 0 fully saturated rings. The highest BCUT2D eigenvalue weighted by atomic mass is 16.4. The average molecular weight is 523 g/mol. The molecule has 0 aromatic rings. The first-order valence-electron chi connectivity index (χ1n) is 12.5. The highest BCUT2D eigenvalue weighted by Crippen LogP contribution is 2.08. The largest absolute Gasteiger partial charge is 0.480 e. The van der Waals surface area contributed by atoms with Crippen molar-refractivity contribution in [1.29, 1.82) is 0 Å². The molecule has 0 saturated heterocycles. The van der Waals surface area contributed by atoms with E-state index in [-0.39, 0.29) is 43.3 Å². The highest BCUT2D eigenvalue weighted by molar-refractivity contribution is 5.94. The van der Waals surface area contributed by atoms with Crippen LogP contribution >= 0.6 is 0 Å². The maximum Gasteiger partial charge on any atom is 0.326 e. The Bertz CT molecular complexity index is 854. The van der Waals surface area contributed by atoms with E-state index in [0.717, 1.165) is 6.42 Å². The number of aliphatic carboxylic acids is 1. The lowest BCUT2D eigenvalue weighted by atomic mass is 10.0. The zero-order valence-electron chi connectivity index (χ0n) is 22.0. The molecule has 37 heavy (non-hydrogen) atoms. The summed E-state index contributed by atoms with van der Waals surface area (Å²) < 4.78 is 0. The second-order valence-corrected chi connectivity index (χ2v) is 9.16. The summed E-state index contributed by atoms with van der Waals surface area (Å²) in [7, 11) is 0. The van der Waals surface area contributed by atoms with E-state index in [0.29, 0.717) is 56.2 Å². The first-order valence-corrected chi connectivity index (χ1v) is 12.5. The molecular weight excluding hydrogens is 480 g/mol. The van der Waals surface area contributed by atoms with Crippen molar-refractivity contribution in [3.8, 4) is 0 Å². The number of carboxylic acid groups (broad SMARTS) is 1. The first kappa shape index (κ1) is 33.7. The Balaban J connectivity index is 4.14. The lowest BCUT2D eigenvalue weighted by Crippen LogP contribution is -2.43. The van der Waals surface area contributed by atoms with Crippen LogP contribution in [0.25, 0.3) is 0 Å². The van der Waals surface area contributed by atoms with Crippen molar-refractivity contribution in [2.75, 3.05) is 13.1 Å². The van der Waals surface area contributed by atoms with Crippen LogP contribution in [-0.2, 0) is 28.8 Å². The molecule has 0 aliphatic rings. The number of hydrogen-bond donors (Lipinski definition) is 5. The molecule has 0 aliphatic carbocycles. The molecule has 0 bridgehead atoms. The van der Waals surface area contributed by atoms with Gasteiger partial charge in [0.1, 0.15) is 6.04 Å². The van der Waals surface area contributed by atoms with Crippen LogP contribution in [0.1, 0.15) is 78.1 Å². The quantitative estimate of drug-likeness (QED) is 0.110. The lowest BCUT2D eigenvalue weighted by Gasteiger charge is -2.15. The van der Waals surface area contributed by atoms with Gasteiger partial charge in [0.15, 0.2) is 11.6 Å². The van der Waals surface area contributed by atoms with Gasteiger partial charge in [-0.3, -0.25) is 24.0 Å². The van der Waals surface area contributed by atoms with Crippen LogP contribution in [0.15, 0.2) is 24.3 Å². The van der Waals surface area contributed by atoms with Crippen LogP contribution in [0.3, 0.4) is 0 Å². The Morgan fingerprint density at radius 2 is 1.46 bits per heavy atom. The molecular formula is C26H42N4O7. The van der Waals surface area contributed by atoms with Gasteiger partial charge in [0.25, 0.3) is 0 Å². The molecule has 0 aromatic carbocycles. The summed E-state index contributed by atoms with van der Waals surface area (Å²) >= 11 is 0. The van der Waals surface area contributed by atoms with E-state index < -0.39 is 29.9 Å². The standard InChI is InChI=1S/C26H42N4O7/c1-17(2)22(32)12-7-5-6-10-20(27)25(35)29-16-19(31)13-14-23(33)30-21(26(36)37)11-8-9-15-28-24(34)18(3)4/h20-21H,1,3,5-16,27H2,2,4H3,(H,28,34)(H,29,35)(H,30,33)(H,36,37)/t20-,21?/m0/s1. The van der Waals surface area contributed by atoms with Gasteiger partial charge in [0.2, 0.25) is 17.7 Å². The van der Waals surface area contributed by atoms with Crippen molar-refractivity contribution in [2.45, 2.75) is 90.1 Å². The first-order chi connectivity index (χ1) is 17.3. The van der Waals surface area contributed by atoms with Gasteiger partial charge in [-0.2, -0.15) is 0 Å². The fourth-order valence-corrected chi connectivity index (χ4v) is 3.18. The van der Waals surface area contributed by atoms with E-state index in [1.165, 1.54) is 0 Å². The van der Waals surface area contributed by atoms with Gasteiger partial charge < -0.3 is 26.8 Å². The molecule has 0 radical (unpaired) electrons. The summed E-state index contributed by atoms with van der Waals surface area (Å²) in [4.78, 5) is 70.5. The number of rotatable bonds is 21. The smallest absolute Gasteiger partial charge is 0.326 e. The number of carbonyl (C=O) groups excluding carboxylic acids is 5. The fraction of sp³-hybridized carbons (Fsp3) is 0.615. The number of unbranched alkanes of at least 4 members (excludes halogenated alkanes) is 3. The molecule has 0 spiro atoms. The number of amides is 3. The summed E-state index contributed by atoms with van der Waals surface area (Å²) in [6.45, 7) is 10.5. The number of carboxylic acids is 1. The summed E-state index contributed by atoms with van der Waals surface area (Å²) in [5.74, 6) is -2.86. The second kappa shape index (κ2) is 18.9. The van der Waals surface area contributed by atoms with Gasteiger partial charge >= 0.3 is 5.97 Å². The molecule has 1 unspecified atom stereocenters. The average Bonchev–Trinajstić information content (AvgIpc) is 2.83. The minimum atomic E-state index is -1.19. The van der Waals surface area contributed by atoms with Gasteiger partial charge in [0, 0.05) is 31.4 Å². The van der Waals surface area contributed by atoms with Crippen LogP contribution in [0.4, 0.5) is 0 Å². The van der Waals surface area contributed by atoms with E-state index in [2.05, 4.69) is 29.1 Å². The number of Topliss-reactive ketones (excluding diaryl/α,β-unsaturated/α-hetero) is 2. The van der Waals surface area contributed by atoms with Gasteiger partial charge in [-0.05, 0) is 51.5 Å². The van der Waals surface area contributed by atoms with E-state index >= 15 is 0 Å². The predicted molar refractivity (Wildman–Crippen MR) is 139 cm³/mol. The van der Waals surface area contributed by atoms with Crippen LogP contribution in [0.2, 0.25) is 0 Å². The Labute approximate surface area is 218 Å². The summed E-state index contributed by atoms with van der Waals surface area (Å²) in [5, 5.41) is 16.8. The maximum absolute atomic E-state index is 12.1. The van der Waals surface area contributed by atoms with Crippen LogP contribution in [-0.4, -0.2) is 65.5 Å². The van der Waals surface area contributed by atoms with E-state index in [9.17, 15) is 33.9 Å². The SMILES string of the molecule is C=C(C)C(=O)CCCCC[C@H](N)C(=O)NCC(=O)CCC(=O)NC(CCCCNC(=O)C(=C)C)C(=O)O. The van der Waals surface area contributed by atoms with Gasteiger partial charge in [-0.25, -0.2) is 4.79 Å². The maximum atomic E-state index is 12.1. The summed E-state index contributed by atoms with van der Waals surface area (Å²) in [6.07, 6.45) is 3.75. The molecule has 208 valence electrons. The molecule has 0 aliphatic heterocycles. The van der Waals surface area contributed by atoms with Crippen molar-refractivity contribution in [2.24, 2.45) is 5.73 Å². The number of nitrogens with one attached hydrogen (secondary N) is 3. The van der Waals surface area contributed by atoms with E-state index in [1.807, 2.05) is 0 Å². The third-order valence-electron chi connectivity index (χ3n) is 5.55.